The number of methoxy groups -OCH3 is 1. The molecule has 1 amide bonds. The number of carbonyl (C=O) groups excluding carboxylic acids is 1. The monoisotopic (exact) mass is 265 g/mol. The molecular formula is C9H19N3O4S. The van der Waals surface area contributed by atoms with Crippen molar-refractivity contribution in [1.29, 1.82) is 0 Å². The number of amides is 1. The molecule has 17 heavy (non-hydrogen) atoms. The van der Waals surface area contributed by atoms with Crippen molar-refractivity contribution in [2.24, 2.45) is 0 Å². The second kappa shape index (κ2) is 6.90. The Morgan fingerprint density at radius 2 is 2.06 bits per heavy atom. The fourth-order valence-electron chi connectivity index (χ4n) is 1.46. The van der Waals surface area contributed by atoms with E-state index >= 15 is 0 Å². The van der Waals surface area contributed by atoms with Crippen LogP contribution in [0.25, 0.3) is 0 Å². The lowest BCUT2D eigenvalue weighted by Crippen LogP contribution is -2.49. The van der Waals surface area contributed by atoms with E-state index in [-0.39, 0.29) is 24.8 Å². The van der Waals surface area contributed by atoms with E-state index in [1.807, 2.05) is 0 Å². The first-order valence-electron chi connectivity index (χ1n) is 5.50. The summed E-state index contributed by atoms with van der Waals surface area (Å²) >= 11 is 0. The molecule has 0 aromatic heterocycles. The van der Waals surface area contributed by atoms with Gasteiger partial charge in [-0.3, -0.25) is 4.79 Å². The van der Waals surface area contributed by atoms with Gasteiger partial charge in [0.15, 0.2) is 0 Å². The van der Waals surface area contributed by atoms with Gasteiger partial charge in [-0.05, 0) is 0 Å². The topological polar surface area (TPSA) is 87.7 Å². The third-order valence-electron chi connectivity index (χ3n) is 2.47. The van der Waals surface area contributed by atoms with Gasteiger partial charge in [0.25, 0.3) is 0 Å². The third kappa shape index (κ3) is 5.44. The first-order valence-corrected chi connectivity index (χ1v) is 7.15. The summed E-state index contributed by atoms with van der Waals surface area (Å²) in [6, 6.07) is 0. The summed E-state index contributed by atoms with van der Waals surface area (Å²) in [5.74, 6) is -0.314. The maximum atomic E-state index is 11.7. The zero-order valence-electron chi connectivity index (χ0n) is 9.94. The van der Waals surface area contributed by atoms with E-state index in [1.54, 1.807) is 4.90 Å². The molecule has 1 fully saturated rings. The van der Waals surface area contributed by atoms with Gasteiger partial charge < -0.3 is 15.0 Å². The summed E-state index contributed by atoms with van der Waals surface area (Å²) in [6.07, 6.45) is 0. The zero-order valence-corrected chi connectivity index (χ0v) is 10.8. The number of carbonyl (C=O) groups is 1. The molecule has 0 radical (unpaired) electrons. The Morgan fingerprint density at radius 3 is 2.65 bits per heavy atom. The number of piperazine rings is 1. The quantitative estimate of drug-likeness (QED) is 0.579. The Bertz CT molecular complexity index is 338. The van der Waals surface area contributed by atoms with Crippen LogP contribution in [0.2, 0.25) is 0 Å². The number of sulfonamides is 1. The summed E-state index contributed by atoms with van der Waals surface area (Å²) in [5.41, 5.74) is 0. The Kier molecular flexibility index (Phi) is 5.83. The highest BCUT2D eigenvalue weighted by Gasteiger charge is 2.18. The van der Waals surface area contributed by atoms with E-state index in [1.165, 1.54) is 7.11 Å². The van der Waals surface area contributed by atoms with Gasteiger partial charge in [0.05, 0.1) is 18.9 Å². The van der Waals surface area contributed by atoms with Crippen molar-refractivity contribution in [3.63, 3.8) is 0 Å². The average Bonchev–Trinajstić information content (AvgIpc) is 2.35. The standard InChI is InChI=1S/C9H19N3O4S/c1-16-6-7-17(14,15)11-8-9(13)12-4-2-10-3-5-12/h10-11H,2-8H2,1H3. The molecule has 1 heterocycles. The largest absolute Gasteiger partial charge is 0.384 e. The first-order chi connectivity index (χ1) is 8.05. The van der Waals surface area contributed by atoms with Gasteiger partial charge in [-0.25, -0.2) is 13.1 Å². The van der Waals surface area contributed by atoms with Crippen molar-refractivity contribution < 1.29 is 17.9 Å². The summed E-state index contributed by atoms with van der Waals surface area (Å²) in [5, 5.41) is 3.12. The van der Waals surface area contributed by atoms with Crippen LogP contribution >= 0.6 is 0 Å². The SMILES string of the molecule is COCCS(=O)(=O)NCC(=O)N1CCNCC1. The van der Waals surface area contributed by atoms with Crippen LogP contribution in [-0.4, -0.2) is 71.4 Å². The second-order valence-electron chi connectivity index (χ2n) is 3.76. The zero-order chi connectivity index (χ0) is 12.7. The van der Waals surface area contributed by atoms with E-state index < -0.39 is 10.0 Å². The number of ether oxygens (including phenoxy) is 1. The Hall–Kier alpha value is -0.700. The highest BCUT2D eigenvalue weighted by Crippen LogP contribution is 1.93. The number of hydrogen-bond donors (Lipinski definition) is 2. The Morgan fingerprint density at radius 1 is 1.41 bits per heavy atom. The first kappa shape index (κ1) is 14.4. The maximum Gasteiger partial charge on any atom is 0.237 e. The lowest BCUT2D eigenvalue weighted by Gasteiger charge is -2.27. The minimum atomic E-state index is -3.42. The molecule has 0 bridgehead atoms. The minimum Gasteiger partial charge on any atom is -0.384 e. The van der Waals surface area contributed by atoms with Crippen LogP contribution < -0.4 is 10.0 Å². The van der Waals surface area contributed by atoms with Gasteiger partial charge >= 0.3 is 0 Å². The van der Waals surface area contributed by atoms with Crippen LogP contribution in [0.5, 0.6) is 0 Å². The number of nitrogens with one attached hydrogen (secondary N) is 2. The summed E-state index contributed by atoms with van der Waals surface area (Å²) in [4.78, 5) is 13.3. The highest BCUT2D eigenvalue weighted by molar-refractivity contribution is 7.89. The van der Waals surface area contributed by atoms with Crippen LogP contribution in [0.3, 0.4) is 0 Å². The van der Waals surface area contributed by atoms with Gasteiger partial charge in [0.2, 0.25) is 15.9 Å². The van der Waals surface area contributed by atoms with Crippen molar-refractivity contribution in [2.75, 3.05) is 52.2 Å². The molecule has 0 aromatic carbocycles. The number of nitrogens with zero attached hydrogens (tertiary/aromatic N) is 1. The van der Waals surface area contributed by atoms with Gasteiger partial charge in [-0.15, -0.1) is 0 Å². The van der Waals surface area contributed by atoms with E-state index in [9.17, 15) is 13.2 Å². The second-order valence-corrected chi connectivity index (χ2v) is 5.69. The fourth-order valence-corrected chi connectivity index (χ4v) is 2.34. The molecule has 0 aliphatic carbocycles. The van der Waals surface area contributed by atoms with Crippen LogP contribution in [0.15, 0.2) is 0 Å². The summed E-state index contributed by atoms with van der Waals surface area (Å²) < 4.78 is 29.8. The third-order valence-corrected chi connectivity index (χ3v) is 3.76. The van der Waals surface area contributed by atoms with Crippen LogP contribution in [0.4, 0.5) is 0 Å². The van der Waals surface area contributed by atoms with E-state index in [4.69, 9.17) is 0 Å². The van der Waals surface area contributed by atoms with Crippen LogP contribution in [0, 0.1) is 0 Å². The molecule has 1 aliphatic heterocycles. The predicted molar refractivity (Wildman–Crippen MR) is 63.1 cm³/mol. The summed E-state index contributed by atoms with van der Waals surface area (Å²) in [6.45, 7) is 2.70. The van der Waals surface area contributed by atoms with Crippen molar-refractivity contribution in [1.82, 2.24) is 14.9 Å². The number of hydrogen-bond acceptors (Lipinski definition) is 5. The predicted octanol–water partition coefficient (Wildman–Crippen LogP) is -2.02. The smallest absolute Gasteiger partial charge is 0.237 e. The molecule has 7 nitrogen and oxygen atoms in total. The van der Waals surface area contributed by atoms with Crippen molar-refractivity contribution in [3.8, 4) is 0 Å². The van der Waals surface area contributed by atoms with Gasteiger partial charge in [0.1, 0.15) is 0 Å². The van der Waals surface area contributed by atoms with E-state index in [0.29, 0.717) is 13.1 Å². The molecule has 0 aromatic rings. The van der Waals surface area contributed by atoms with Crippen LogP contribution in [-0.2, 0) is 19.6 Å². The van der Waals surface area contributed by atoms with E-state index in [2.05, 4.69) is 14.8 Å². The summed E-state index contributed by atoms with van der Waals surface area (Å²) in [7, 11) is -1.98. The molecule has 0 atom stereocenters. The lowest BCUT2D eigenvalue weighted by atomic mass is 10.3. The molecule has 1 aliphatic rings. The van der Waals surface area contributed by atoms with Crippen molar-refractivity contribution in [2.45, 2.75) is 0 Å². The van der Waals surface area contributed by atoms with Crippen LogP contribution in [0.1, 0.15) is 0 Å². The lowest BCUT2D eigenvalue weighted by molar-refractivity contribution is -0.130. The molecule has 1 rings (SSSR count). The number of rotatable bonds is 6. The van der Waals surface area contributed by atoms with Crippen molar-refractivity contribution >= 4 is 15.9 Å². The normalized spacial score (nSPS) is 17.1. The molecule has 100 valence electrons. The fraction of sp³-hybridized carbons (Fsp3) is 0.889. The Labute approximate surface area is 102 Å². The van der Waals surface area contributed by atoms with Gasteiger partial charge in [0, 0.05) is 33.3 Å². The average molecular weight is 265 g/mol. The molecule has 0 unspecified atom stereocenters. The maximum absolute atomic E-state index is 11.7. The molecule has 1 saturated heterocycles. The molecule has 8 heteroatoms. The molecule has 2 N–H and O–H groups in total. The minimum absolute atomic E-state index is 0.122. The van der Waals surface area contributed by atoms with Gasteiger partial charge in [-0.1, -0.05) is 0 Å². The Balaban J connectivity index is 2.31. The molecule has 0 saturated carbocycles. The van der Waals surface area contributed by atoms with Crippen molar-refractivity contribution in [3.05, 3.63) is 0 Å². The molecule has 0 spiro atoms. The van der Waals surface area contributed by atoms with Gasteiger partial charge in [-0.2, -0.15) is 0 Å². The highest BCUT2D eigenvalue weighted by atomic mass is 32.2. The van der Waals surface area contributed by atoms with E-state index in [0.717, 1.165) is 13.1 Å². The molecular weight excluding hydrogens is 246 g/mol.